The van der Waals surface area contributed by atoms with Crippen LogP contribution in [0.5, 0.6) is 0 Å². The van der Waals surface area contributed by atoms with Gasteiger partial charge in [-0.05, 0) is 30.4 Å². The molecule has 15 heteroatoms. The lowest BCUT2D eigenvalue weighted by molar-refractivity contribution is -0.142. The van der Waals surface area contributed by atoms with E-state index in [0.29, 0.717) is 25.0 Å². The molecule has 4 amide bonds. The Morgan fingerprint density at radius 3 is 2.08 bits per heavy atom. The first kappa shape index (κ1) is 37.7. The van der Waals surface area contributed by atoms with Gasteiger partial charge in [0, 0.05) is 54.9 Å². The Balaban J connectivity index is 1.91. The first-order chi connectivity index (χ1) is 22.9. The first-order valence-electron chi connectivity index (χ1n) is 16.3. The van der Waals surface area contributed by atoms with E-state index in [1.54, 1.807) is 6.20 Å². The van der Waals surface area contributed by atoms with Crippen LogP contribution in [0.15, 0.2) is 43.0 Å². The van der Waals surface area contributed by atoms with Crippen molar-refractivity contribution in [3.05, 3.63) is 54.2 Å². The lowest BCUT2D eigenvalue weighted by atomic mass is 10.0. The van der Waals surface area contributed by atoms with Gasteiger partial charge < -0.3 is 47.2 Å². The van der Waals surface area contributed by atoms with Crippen molar-refractivity contribution in [3.8, 4) is 0 Å². The van der Waals surface area contributed by atoms with Crippen LogP contribution in [-0.4, -0.2) is 91.6 Å². The molecule has 0 aliphatic heterocycles. The fourth-order valence-corrected chi connectivity index (χ4v) is 5.33. The van der Waals surface area contributed by atoms with Crippen molar-refractivity contribution in [2.24, 2.45) is 11.7 Å². The number of carbonyl (C=O) groups is 5. The Kier molecular flexibility index (Phi) is 14.6. The second kappa shape index (κ2) is 18.5. The largest absolute Gasteiger partial charge is 0.480 e. The highest BCUT2D eigenvalue weighted by atomic mass is 16.4. The lowest BCUT2D eigenvalue weighted by Crippen LogP contribution is -2.59. The van der Waals surface area contributed by atoms with E-state index in [2.05, 4.69) is 36.2 Å². The van der Waals surface area contributed by atoms with Crippen LogP contribution >= 0.6 is 0 Å². The topological polar surface area (TPSA) is 244 Å². The van der Waals surface area contributed by atoms with E-state index in [1.165, 1.54) is 12.5 Å². The van der Waals surface area contributed by atoms with Gasteiger partial charge in [-0.25, -0.2) is 9.78 Å². The Labute approximate surface area is 279 Å². The molecule has 3 rings (SSSR count). The van der Waals surface area contributed by atoms with Crippen LogP contribution in [0, 0.1) is 5.92 Å². The van der Waals surface area contributed by atoms with Gasteiger partial charge in [0.05, 0.1) is 12.4 Å². The standard InChI is InChI=1S/C33H48N8O7/c1-4-5-9-25(38-29(43)23(34)13-19(2)3)30(44)40-27(14-20-16-36-24-10-7-6-8-22(20)24)31(45)41-28(15-21-17-35-18-37-21)32(46)39-26(11-12-42)33(47)48/h6-8,10,16-19,23,25-28,36,42H,4-5,9,11-15,34H2,1-3H3,(H,35,37)(H,38,43)(H,39,46)(H,40,44)(H,41,45)(H,47,48)/t23-,25+,26+,27-,28+/m1/s1. The number of carbonyl (C=O) groups excluding carboxylic acids is 4. The zero-order chi connectivity index (χ0) is 35.2. The number of nitrogens with one attached hydrogen (secondary N) is 6. The van der Waals surface area contributed by atoms with E-state index < -0.39 is 66.4 Å². The van der Waals surface area contributed by atoms with E-state index in [4.69, 9.17) is 5.73 Å². The minimum absolute atomic E-state index is 0.0313. The molecule has 10 N–H and O–H groups in total. The highest BCUT2D eigenvalue weighted by Crippen LogP contribution is 2.20. The molecular weight excluding hydrogens is 620 g/mol. The zero-order valence-corrected chi connectivity index (χ0v) is 27.6. The number of aliphatic carboxylic acids is 1. The average molecular weight is 669 g/mol. The van der Waals surface area contributed by atoms with Gasteiger partial charge in [0.1, 0.15) is 24.2 Å². The number of H-pyrrole nitrogens is 2. The SMILES string of the molecule is CCCC[C@H](NC(=O)[C@H](N)CC(C)C)C(=O)N[C@H](Cc1c[nH]c2ccccc12)C(=O)N[C@@H](Cc1cnc[nH]1)C(=O)N[C@@H](CCO)C(=O)O. The summed E-state index contributed by atoms with van der Waals surface area (Å²) >= 11 is 0. The predicted octanol–water partition coefficient (Wildman–Crippen LogP) is 0.646. The van der Waals surface area contributed by atoms with E-state index in [9.17, 15) is 34.2 Å². The molecule has 0 fully saturated rings. The van der Waals surface area contributed by atoms with Crippen molar-refractivity contribution < 1.29 is 34.2 Å². The molecule has 0 unspecified atom stereocenters. The van der Waals surface area contributed by atoms with E-state index >= 15 is 0 Å². The number of fused-ring (bicyclic) bond motifs is 1. The predicted molar refractivity (Wildman–Crippen MR) is 178 cm³/mol. The molecule has 0 aliphatic rings. The molecule has 0 spiro atoms. The van der Waals surface area contributed by atoms with Gasteiger partial charge in [0.25, 0.3) is 0 Å². The van der Waals surface area contributed by atoms with Crippen LogP contribution in [0.1, 0.15) is 64.1 Å². The summed E-state index contributed by atoms with van der Waals surface area (Å²) in [7, 11) is 0. The summed E-state index contributed by atoms with van der Waals surface area (Å²) in [4.78, 5) is 75.7. The van der Waals surface area contributed by atoms with Crippen LogP contribution in [-0.2, 0) is 36.8 Å². The molecule has 0 saturated carbocycles. The molecule has 5 atom stereocenters. The first-order valence-corrected chi connectivity index (χ1v) is 16.3. The fraction of sp³-hybridized carbons (Fsp3) is 0.515. The number of aliphatic hydroxyl groups is 1. The van der Waals surface area contributed by atoms with E-state index in [0.717, 1.165) is 22.9 Å². The minimum atomic E-state index is -1.39. The van der Waals surface area contributed by atoms with Gasteiger partial charge >= 0.3 is 5.97 Å². The Bertz CT molecular complexity index is 1510. The number of aromatic amines is 2. The number of nitrogens with zero attached hydrogens (tertiary/aromatic N) is 1. The van der Waals surface area contributed by atoms with Crippen molar-refractivity contribution in [3.63, 3.8) is 0 Å². The third-order valence-corrected chi connectivity index (χ3v) is 7.92. The summed E-state index contributed by atoms with van der Waals surface area (Å²) in [5, 5.41) is 30.3. The van der Waals surface area contributed by atoms with Crippen molar-refractivity contribution >= 4 is 40.5 Å². The summed E-state index contributed by atoms with van der Waals surface area (Å²) < 4.78 is 0. The fourth-order valence-electron chi connectivity index (χ4n) is 5.33. The van der Waals surface area contributed by atoms with E-state index in [-0.39, 0.29) is 25.2 Å². The molecule has 1 aromatic carbocycles. The number of aromatic nitrogens is 3. The highest BCUT2D eigenvalue weighted by Gasteiger charge is 2.32. The number of hydrogen-bond donors (Lipinski definition) is 9. The van der Waals surface area contributed by atoms with Crippen LogP contribution in [0.4, 0.5) is 0 Å². The van der Waals surface area contributed by atoms with Gasteiger partial charge in [-0.15, -0.1) is 0 Å². The summed E-state index contributed by atoms with van der Waals surface area (Å²) in [6.45, 7) is 5.36. The van der Waals surface area contributed by atoms with Crippen LogP contribution < -0.4 is 27.0 Å². The number of aliphatic hydroxyl groups excluding tert-OH is 1. The summed E-state index contributed by atoms with van der Waals surface area (Å²) in [5.74, 6) is -3.75. The Hall–Kier alpha value is -4.76. The second-order valence-corrected chi connectivity index (χ2v) is 12.3. The number of rotatable bonds is 20. The minimum Gasteiger partial charge on any atom is -0.480 e. The molecule has 15 nitrogen and oxygen atoms in total. The number of amides is 4. The van der Waals surface area contributed by atoms with Gasteiger partial charge in [-0.1, -0.05) is 51.8 Å². The smallest absolute Gasteiger partial charge is 0.326 e. The average Bonchev–Trinajstić information content (AvgIpc) is 3.71. The normalized spacial score (nSPS) is 14.5. The van der Waals surface area contributed by atoms with Crippen LogP contribution in [0.25, 0.3) is 10.9 Å². The molecule has 2 heterocycles. The van der Waals surface area contributed by atoms with Gasteiger partial charge in [0.15, 0.2) is 0 Å². The lowest BCUT2D eigenvalue weighted by Gasteiger charge is -2.26. The van der Waals surface area contributed by atoms with Crippen LogP contribution in [0.3, 0.4) is 0 Å². The summed E-state index contributed by atoms with van der Waals surface area (Å²) in [6, 6.07) is 1.81. The number of nitrogens with two attached hydrogens (primary N) is 1. The summed E-state index contributed by atoms with van der Waals surface area (Å²) in [6.07, 6.45) is 6.45. The zero-order valence-electron chi connectivity index (χ0n) is 27.6. The highest BCUT2D eigenvalue weighted by molar-refractivity contribution is 5.96. The molecule has 0 aliphatic carbocycles. The number of carboxylic acids is 1. The maximum Gasteiger partial charge on any atom is 0.326 e. The molecule has 48 heavy (non-hydrogen) atoms. The Morgan fingerprint density at radius 2 is 1.48 bits per heavy atom. The Morgan fingerprint density at radius 1 is 0.854 bits per heavy atom. The van der Waals surface area contributed by atoms with Crippen molar-refractivity contribution in [2.45, 2.75) is 95.9 Å². The van der Waals surface area contributed by atoms with Crippen molar-refractivity contribution in [2.75, 3.05) is 6.61 Å². The van der Waals surface area contributed by atoms with Gasteiger partial charge in [-0.2, -0.15) is 0 Å². The molecule has 3 aromatic rings. The van der Waals surface area contributed by atoms with E-state index in [1.807, 2.05) is 45.0 Å². The summed E-state index contributed by atoms with van der Waals surface area (Å²) in [5.41, 5.74) is 8.13. The molecule has 2 aromatic heterocycles. The van der Waals surface area contributed by atoms with Crippen molar-refractivity contribution in [1.29, 1.82) is 0 Å². The third-order valence-electron chi connectivity index (χ3n) is 7.92. The van der Waals surface area contributed by atoms with Crippen LogP contribution in [0.2, 0.25) is 0 Å². The number of carboxylic acid groups (broad SMARTS) is 1. The quantitative estimate of drug-likeness (QED) is 0.0819. The van der Waals surface area contributed by atoms with Gasteiger partial charge in [-0.3, -0.25) is 19.2 Å². The second-order valence-electron chi connectivity index (χ2n) is 12.3. The van der Waals surface area contributed by atoms with Gasteiger partial charge in [0.2, 0.25) is 23.6 Å². The molecule has 0 bridgehead atoms. The number of para-hydroxylation sites is 1. The third kappa shape index (κ3) is 11.2. The number of benzene rings is 1. The number of imidazole rings is 1. The maximum atomic E-state index is 14.0. The molecule has 0 radical (unpaired) electrons. The number of hydrogen-bond acceptors (Lipinski definition) is 8. The monoisotopic (exact) mass is 668 g/mol. The maximum absolute atomic E-state index is 14.0. The molecular formula is C33H48N8O7. The van der Waals surface area contributed by atoms with Crippen molar-refractivity contribution in [1.82, 2.24) is 36.2 Å². The number of unbranched alkanes of at least 4 members (excludes halogenated alkanes) is 1. The molecule has 262 valence electrons. The molecule has 0 saturated heterocycles.